The standard InChI is InChI=1S/C14H20O3/c1-5-10-8-11(6-2)14(17-9(4)15)12(7-3)13(10)16/h8,16H,5-7H2,1-4H3. The van der Waals surface area contributed by atoms with Gasteiger partial charge in [-0.05, 0) is 36.5 Å². The number of phenolic OH excluding ortho intramolecular Hbond substituents is 1. The lowest BCUT2D eigenvalue weighted by molar-refractivity contribution is -0.132. The number of benzene rings is 1. The van der Waals surface area contributed by atoms with E-state index in [0.717, 1.165) is 29.5 Å². The lowest BCUT2D eigenvalue weighted by Crippen LogP contribution is -2.07. The third kappa shape index (κ3) is 2.78. The smallest absolute Gasteiger partial charge is 0.308 e. The predicted octanol–water partition coefficient (Wildman–Crippen LogP) is 3.00. The number of carbonyl (C=O) groups excluding carboxylic acids is 1. The van der Waals surface area contributed by atoms with Crippen molar-refractivity contribution in [3.8, 4) is 11.5 Å². The molecule has 0 heterocycles. The summed E-state index contributed by atoms with van der Waals surface area (Å²) in [4.78, 5) is 11.1. The molecule has 0 aliphatic heterocycles. The number of carbonyl (C=O) groups is 1. The van der Waals surface area contributed by atoms with Crippen LogP contribution in [0.25, 0.3) is 0 Å². The van der Waals surface area contributed by atoms with Crippen molar-refractivity contribution in [2.24, 2.45) is 0 Å². The molecule has 0 saturated heterocycles. The third-order valence-electron chi connectivity index (χ3n) is 2.87. The number of esters is 1. The van der Waals surface area contributed by atoms with E-state index >= 15 is 0 Å². The molecule has 0 aliphatic carbocycles. The number of rotatable bonds is 4. The Balaban J connectivity index is 3.42. The Morgan fingerprint density at radius 3 is 2.18 bits per heavy atom. The first-order valence-corrected chi connectivity index (χ1v) is 6.10. The van der Waals surface area contributed by atoms with Crippen LogP contribution < -0.4 is 4.74 Å². The van der Waals surface area contributed by atoms with Crippen LogP contribution in [0.4, 0.5) is 0 Å². The number of aryl methyl sites for hydroxylation is 2. The first-order valence-electron chi connectivity index (χ1n) is 6.10. The number of hydrogen-bond acceptors (Lipinski definition) is 3. The van der Waals surface area contributed by atoms with Gasteiger partial charge in [-0.25, -0.2) is 0 Å². The molecule has 3 heteroatoms. The topological polar surface area (TPSA) is 46.5 Å². The molecule has 0 amide bonds. The van der Waals surface area contributed by atoms with Crippen molar-refractivity contribution in [2.45, 2.75) is 47.0 Å². The van der Waals surface area contributed by atoms with Crippen molar-refractivity contribution in [2.75, 3.05) is 0 Å². The monoisotopic (exact) mass is 236 g/mol. The van der Waals surface area contributed by atoms with E-state index in [4.69, 9.17) is 4.74 Å². The second-order valence-corrected chi connectivity index (χ2v) is 4.01. The molecule has 1 rings (SSSR count). The lowest BCUT2D eigenvalue weighted by Gasteiger charge is -2.16. The number of hydrogen-bond donors (Lipinski definition) is 1. The summed E-state index contributed by atoms with van der Waals surface area (Å²) < 4.78 is 5.24. The highest BCUT2D eigenvalue weighted by Crippen LogP contribution is 2.36. The van der Waals surface area contributed by atoms with Crippen LogP contribution in [0.1, 0.15) is 44.4 Å². The highest BCUT2D eigenvalue weighted by Gasteiger charge is 2.17. The summed E-state index contributed by atoms with van der Waals surface area (Å²) in [6.45, 7) is 7.34. The van der Waals surface area contributed by atoms with E-state index in [0.29, 0.717) is 12.2 Å². The van der Waals surface area contributed by atoms with Gasteiger partial charge in [-0.15, -0.1) is 0 Å². The zero-order chi connectivity index (χ0) is 13.0. The van der Waals surface area contributed by atoms with Crippen molar-refractivity contribution in [3.05, 3.63) is 22.8 Å². The largest absolute Gasteiger partial charge is 0.507 e. The fourth-order valence-electron chi connectivity index (χ4n) is 1.97. The van der Waals surface area contributed by atoms with E-state index in [1.54, 1.807) is 0 Å². The Hall–Kier alpha value is -1.51. The molecule has 0 aliphatic rings. The molecule has 17 heavy (non-hydrogen) atoms. The van der Waals surface area contributed by atoms with Gasteiger partial charge >= 0.3 is 5.97 Å². The fraction of sp³-hybridized carbons (Fsp3) is 0.500. The van der Waals surface area contributed by atoms with Crippen LogP contribution >= 0.6 is 0 Å². The van der Waals surface area contributed by atoms with Gasteiger partial charge in [0.05, 0.1) is 0 Å². The summed E-state index contributed by atoms with van der Waals surface area (Å²) in [7, 11) is 0. The van der Waals surface area contributed by atoms with Crippen LogP contribution in [-0.4, -0.2) is 11.1 Å². The van der Waals surface area contributed by atoms with Crippen molar-refractivity contribution in [3.63, 3.8) is 0 Å². The zero-order valence-corrected chi connectivity index (χ0v) is 11.0. The molecule has 0 aromatic heterocycles. The van der Waals surface area contributed by atoms with Gasteiger partial charge in [0.15, 0.2) is 0 Å². The molecule has 0 saturated carbocycles. The summed E-state index contributed by atoms with van der Waals surface area (Å²) in [6.07, 6.45) is 2.20. The zero-order valence-electron chi connectivity index (χ0n) is 11.0. The molecular formula is C14H20O3. The molecule has 1 aromatic carbocycles. The Morgan fingerprint density at radius 2 is 1.76 bits per heavy atom. The van der Waals surface area contributed by atoms with Gasteiger partial charge in [-0.2, -0.15) is 0 Å². The van der Waals surface area contributed by atoms with Gasteiger partial charge in [0.2, 0.25) is 0 Å². The van der Waals surface area contributed by atoms with Crippen molar-refractivity contribution < 1.29 is 14.6 Å². The summed E-state index contributed by atoms with van der Waals surface area (Å²) >= 11 is 0. The van der Waals surface area contributed by atoms with Gasteiger partial charge in [0.1, 0.15) is 11.5 Å². The second kappa shape index (κ2) is 5.71. The normalized spacial score (nSPS) is 10.4. The second-order valence-electron chi connectivity index (χ2n) is 4.01. The predicted molar refractivity (Wildman–Crippen MR) is 67.5 cm³/mol. The van der Waals surface area contributed by atoms with Crippen LogP contribution in [0.5, 0.6) is 11.5 Å². The number of ether oxygens (including phenoxy) is 1. The fourth-order valence-corrected chi connectivity index (χ4v) is 1.97. The van der Waals surface area contributed by atoms with E-state index in [1.165, 1.54) is 6.92 Å². The van der Waals surface area contributed by atoms with E-state index in [9.17, 15) is 9.90 Å². The SMILES string of the molecule is CCc1cc(CC)c(OC(C)=O)c(CC)c1O. The minimum Gasteiger partial charge on any atom is -0.507 e. The van der Waals surface area contributed by atoms with Gasteiger partial charge in [-0.1, -0.05) is 20.8 Å². The Morgan fingerprint density at radius 1 is 1.18 bits per heavy atom. The van der Waals surface area contributed by atoms with Crippen LogP contribution in [0.15, 0.2) is 6.07 Å². The van der Waals surface area contributed by atoms with Gasteiger partial charge in [-0.3, -0.25) is 4.79 Å². The first kappa shape index (κ1) is 13.6. The van der Waals surface area contributed by atoms with Gasteiger partial charge < -0.3 is 9.84 Å². The summed E-state index contributed by atoms with van der Waals surface area (Å²) in [5, 5.41) is 10.1. The maximum atomic E-state index is 11.1. The average Bonchev–Trinajstić information content (AvgIpc) is 2.29. The summed E-state index contributed by atoms with van der Waals surface area (Å²) in [5.74, 6) is 0.457. The Kier molecular flexibility index (Phi) is 4.55. The van der Waals surface area contributed by atoms with Crippen LogP contribution in [-0.2, 0) is 24.1 Å². The maximum Gasteiger partial charge on any atom is 0.308 e. The quantitative estimate of drug-likeness (QED) is 0.645. The lowest BCUT2D eigenvalue weighted by atomic mass is 9.97. The molecule has 1 N–H and O–H groups in total. The van der Waals surface area contributed by atoms with E-state index in [2.05, 4.69) is 0 Å². The molecule has 0 radical (unpaired) electrons. The summed E-state index contributed by atoms with van der Waals surface area (Å²) in [6, 6.07) is 1.92. The highest BCUT2D eigenvalue weighted by atomic mass is 16.5. The van der Waals surface area contributed by atoms with Crippen molar-refractivity contribution in [1.29, 1.82) is 0 Å². The van der Waals surface area contributed by atoms with Crippen LogP contribution in [0, 0.1) is 0 Å². The molecule has 0 atom stereocenters. The van der Waals surface area contributed by atoms with Crippen molar-refractivity contribution >= 4 is 5.97 Å². The van der Waals surface area contributed by atoms with Gasteiger partial charge in [0, 0.05) is 12.5 Å². The van der Waals surface area contributed by atoms with E-state index in [1.807, 2.05) is 26.8 Å². The molecule has 0 fully saturated rings. The van der Waals surface area contributed by atoms with Crippen molar-refractivity contribution in [1.82, 2.24) is 0 Å². The van der Waals surface area contributed by atoms with E-state index < -0.39 is 0 Å². The molecule has 94 valence electrons. The number of aromatic hydroxyl groups is 1. The van der Waals surface area contributed by atoms with Crippen LogP contribution in [0.2, 0.25) is 0 Å². The molecule has 0 bridgehead atoms. The summed E-state index contributed by atoms with van der Waals surface area (Å²) in [5.41, 5.74) is 2.62. The molecule has 3 nitrogen and oxygen atoms in total. The van der Waals surface area contributed by atoms with E-state index in [-0.39, 0.29) is 11.7 Å². The molecule has 0 unspecified atom stereocenters. The highest BCUT2D eigenvalue weighted by molar-refractivity contribution is 5.71. The molecular weight excluding hydrogens is 216 g/mol. The van der Waals surface area contributed by atoms with Crippen LogP contribution in [0.3, 0.4) is 0 Å². The molecule has 0 spiro atoms. The minimum absolute atomic E-state index is 0.267. The Bertz CT molecular complexity index is 422. The third-order valence-corrected chi connectivity index (χ3v) is 2.87. The minimum atomic E-state index is -0.349. The Labute approximate surface area is 102 Å². The average molecular weight is 236 g/mol. The first-order chi connectivity index (χ1) is 8.04. The number of phenols is 1. The maximum absolute atomic E-state index is 11.1. The molecule has 1 aromatic rings. The van der Waals surface area contributed by atoms with Gasteiger partial charge in [0.25, 0.3) is 0 Å².